The number of pyridine rings is 1. The molecule has 2 unspecified atom stereocenters. The van der Waals surface area contributed by atoms with Crippen molar-refractivity contribution in [2.24, 2.45) is 0 Å². The second kappa shape index (κ2) is 6.56. The molecule has 0 radical (unpaired) electrons. The topological polar surface area (TPSA) is 68.7 Å². The fraction of sp³-hybridized carbons (Fsp3) is 0.571. The van der Waals surface area contributed by atoms with Gasteiger partial charge in [-0.25, -0.2) is 9.78 Å². The maximum Gasteiger partial charge on any atom is 0.317 e. The molecule has 1 fully saturated rings. The normalized spacial score (nSPS) is 19.8. The molecule has 0 saturated carbocycles. The zero-order valence-electron chi connectivity index (χ0n) is 12.0. The molecule has 2 heterocycles. The number of aliphatic hydroxyl groups excluding tert-OH is 1. The Hall–Kier alpha value is -1.82. The summed E-state index contributed by atoms with van der Waals surface area (Å²) in [6.07, 6.45) is 2.68. The molecule has 1 aromatic heterocycles. The van der Waals surface area contributed by atoms with Crippen LogP contribution in [0, 0.1) is 0 Å². The molecule has 0 aromatic carbocycles. The minimum atomic E-state index is -0.178. The van der Waals surface area contributed by atoms with E-state index < -0.39 is 0 Å². The largest absolute Gasteiger partial charge is 0.394 e. The molecule has 2 rings (SSSR count). The van der Waals surface area contributed by atoms with Crippen molar-refractivity contribution in [3.8, 4) is 0 Å². The molecular weight excluding hydrogens is 256 g/mol. The molecule has 0 aliphatic carbocycles. The van der Waals surface area contributed by atoms with Gasteiger partial charge in [-0.1, -0.05) is 6.07 Å². The van der Waals surface area contributed by atoms with Crippen LogP contribution in [0.15, 0.2) is 24.4 Å². The van der Waals surface area contributed by atoms with Crippen LogP contribution in [0.5, 0.6) is 0 Å². The molecule has 2 atom stereocenters. The van der Waals surface area contributed by atoms with Gasteiger partial charge in [0, 0.05) is 32.4 Å². The average Bonchev–Trinajstić information content (AvgIpc) is 2.95. The van der Waals surface area contributed by atoms with Crippen LogP contribution in [0.2, 0.25) is 0 Å². The summed E-state index contributed by atoms with van der Waals surface area (Å²) >= 11 is 0. The van der Waals surface area contributed by atoms with Gasteiger partial charge in [-0.15, -0.1) is 0 Å². The molecule has 0 bridgehead atoms. The van der Waals surface area contributed by atoms with E-state index >= 15 is 0 Å². The van der Waals surface area contributed by atoms with Gasteiger partial charge in [0.2, 0.25) is 0 Å². The lowest BCUT2D eigenvalue weighted by Crippen LogP contribution is -2.48. The number of amides is 2. The summed E-state index contributed by atoms with van der Waals surface area (Å²) in [6.45, 7) is 3.44. The molecule has 1 aromatic rings. The Morgan fingerprint density at radius 1 is 1.65 bits per heavy atom. The third-order valence-electron chi connectivity index (χ3n) is 3.73. The Labute approximate surface area is 119 Å². The lowest BCUT2D eigenvalue weighted by molar-refractivity contribution is 0.155. The van der Waals surface area contributed by atoms with E-state index in [1.165, 1.54) is 4.90 Å². The maximum absolute atomic E-state index is 12.0. The van der Waals surface area contributed by atoms with Crippen LogP contribution in [0.3, 0.4) is 0 Å². The number of carbonyl (C=O) groups is 1. The molecule has 1 aliphatic rings. The predicted octanol–water partition coefficient (Wildman–Crippen LogP) is 0.682. The van der Waals surface area contributed by atoms with Crippen LogP contribution in [0.1, 0.15) is 13.3 Å². The number of anilines is 1. The molecule has 0 spiro atoms. The lowest BCUT2D eigenvalue weighted by atomic mass is 10.2. The van der Waals surface area contributed by atoms with Gasteiger partial charge >= 0.3 is 6.03 Å². The molecule has 20 heavy (non-hydrogen) atoms. The van der Waals surface area contributed by atoms with E-state index in [0.717, 1.165) is 25.3 Å². The lowest BCUT2D eigenvalue weighted by Gasteiger charge is -2.25. The summed E-state index contributed by atoms with van der Waals surface area (Å²) in [5, 5.41) is 12.1. The molecule has 1 aliphatic heterocycles. The fourth-order valence-corrected chi connectivity index (χ4v) is 2.23. The second-order valence-electron chi connectivity index (χ2n) is 5.21. The number of hydrogen-bond donors (Lipinski definition) is 2. The first kappa shape index (κ1) is 14.6. The number of urea groups is 1. The van der Waals surface area contributed by atoms with Crippen LogP contribution in [-0.2, 0) is 0 Å². The van der Waals surface area contributed by atoms with E-state index in [4.69, 9.17) is 5.11 Å². The van der Waals surface area contributed by atoms with Crippen molar-refractivity contribution >= 4 is 11.8 Å². The summed E-state index contributed by atoms with van der Waals surface area (Å²) in [4.78, 5) is 20.0. The molecule has 6 heteroatoms. The number of carbonyl (C=O) groups excluding carboxylic acids is 1. The van der Waals surface area contributed by atoms with Crippen molar-refractivity contribution in [1.82, 2.24) is 15.2 Å². The summed E-state index contributed by atoms with van der Waals surface area (Å²) in [5.74, 6) is 0.946. The Kier molecular flexibility index (Phi) is 4.79. The first-order chi connectivity index (χ1) is 9.61. The van der Waals surface area contributed by atoms with Crippen molar-refractivity contribution < 1.29 is 9.90 Å². The van der Waals surface area contributed by atoms with Gasteiger partial charge in [0.05, 0.1) is 12.6 Å². The van der Waals surface area contributed by atoms with E-state index in [-0.39, 0.29) is 24.7 Å². The molecule has 110 valence electrons. The quantitative estimate of drug-likeness (QED) is 0.850. The van der Waals surface area contributed by atoms with E-state index in [1.54, 1.807) is 13.2 Å². The standard InChI is InChI=1S/C14H22N4O2/c1-11(10-19)17(2)14(20)16-12-6-8-18(9-12)13-5-3-4-7-15-13/h3-5,7,11-12,19H,6,8-10H2,1-2H3,(H,16,20). The highest BCUT2D eigenvalue weighted by Crippen LogP contribution is 2.17. The number of aromatic nitrogens is 1. The first-order valence-corrected chi connectivity index (χ1v) is 6.92. The van der Waals surface area contributed by atoms with Gasteiger partial charge < -0.3 is 20.2 Å². The predicted molar refractivity (Wildman–Crippen MR) is 77.7 cm³/mol. The smallest absolute Gasteiger partial charge is 0.317 e. The van der Waals surface area contributed by atoms with E-state index in [0.29, 0.717) is 0 Å². The Morgan fingerprint density at radius 3 is 3.10 bits per heavy atom. The summed E-state index contributed by atoms with van der Waals surface area (Å²) in [7, 11) is 1.70. The van der Waals surface area contributed by atoms with E-state index in [2.05, 4.69) is 15.2 Å². The zero-order chi connectivity index (χ0) is 14.5. The van der Waals surface area contributed by atoms with Crippen LogP contribution < -0.4 is 10.2 Å². The molecule has 2 amide bonds. The Bertz CT molecular complexity index is 440. The number of nitrogens with zero attached hydrogens (tertiary/aromatic N) is 3. The van der Waals surface area contributed by atoms with Crippen molar-refractivity contribution in [3.63, 3.8) is 0 Å². The van der Waals surface area contributed by atoms with Crippen LogP contribution in [-0.4, -0.2) is 59.8 Å². The van der Waals surface area contributed by atoms with Gasteiger partial charge in [0.15, 0.2) is 0 Å². The third-order valence-corrected chi connectivity index (χ3v) is 3.73. The molecule has 1 saturated heterocycles. The monoisotopic (exact) mass is 278 g/mol. The van der Waals surface area contributed by atoms with Crippen molar-refractivity contribution in [2.45, 2.75) is 25.4 Å². The highest BCUT2D eigenvalue weighted by molar-refractivity contribution is 5.74. The number of hydrogen-bond acceptors (Lipinski definition) is 4. The van der Waals surface area contributed by atoms with Crippen LogP contribution >= 0.6 is 0 Å². The van der Waals surface area contributed by atoms with E-state index in [1.807, 2.05) is 25.1 Å². The van der Waals surface area contributed by atoms with Gasteiger partial charge in [-0.2, -0.15) is 0 Å². The Morgan fingerprint density at radius 2 is 2.45 bits per heavy atom. The number of aliphatic hydroxyl groups is 1. The molecular formula is C14H22N4O2. The SMILES string of the molecule is CC(CO)N(C)C(=O)NC1CCN(c2ccccn2)C1. The Balaban J connectivity index is 1.86. The summed E-state index contributed by atoms with van der Waals surface area (Å²) in [5.41, 5.74) is 0. The minimum Gasteiger partial charge on any atom is -0.394 e. The zero-order valence-corrected chi connectivity index (χ0v) is 12.0. The average molecular weight is 278 g/mol. The number of likely N-dealkylation sites (N-methyl/N-ethyl adjacent to an activating group) is 1. The van der Waals surface area contributed by atoms with Crippen molar-refractivity contribution in [3.05, 3.63) is 24.4 Å². The minimum absolute atomic E-state index is 0.0331. The summed E-state index contributed by atoms with van der Waals surface area (Å²) in [6, 6.07) is 5.64. The second-order valence-corrected chi connectivity index (χ2v) is 5.21. The number of nitrogens with one attached hydrogen (secondary N) is 1. The number of rotatable bonds is 4. The van der Waals surface area contributed by atoms with Gasteiger partial charge in [0.25, 0.3) is 0 Å². The van der Waals surface area contributed by atoms with Gasteiger partial charge in [-0.3, -0.25) is 0 Å². The third kappa shape index (κ3) is 3.39. The highest BCUT2D eigenvalue weighted by atomic mass is 16.3. The van der Waals surface area contributed by atoms with Crippen LogP contribution in [0.25, 0.3) is 0 Å². The highest BCUT2D eigenvalue weighted by Gasteiger charge is 2.26. The van der Waals surface area contributed by atoms with Gasteiger partial charge in [-0.05, 0) is 25.5 Å². The molecule has 6 nitrogen and oxygen atoms in total. The van der Waals surface area contributed by atoms with Gasteiger partial charge in [0.1, 0.15) is 5.82 Å². The first-order valence-electron chi connectivity index (χ1n) is 6.92. The van der Waals surface area contributed by atoms with Crippen molar-refractivity contribution in [1.29, 1.82) is 0 Å². The molecule has 2 N–H and O–H groups in total. The van der Waals surface area contributed by atoms with E-state index in [9.17, 15) is 4.79 Å². The maximum atomic E-state index is 12.0. The summed E-state index contributed by atoms with van der Waals surface area (Å²) < 4.78 is 0. The van der Waals surface area contributed by atoms with Crippen molar-refractivity contribution in [2.75, 3.05) is 31.6 Å². The fourth-order valence-electron chi connectivity index (χ4n) is 2.23. The van der Waals surface area contributed by atoms with Crippen LogP contribution in [0.4, 0.5) is 10.6 Å².